The minimum Gasteiger partial charge on any atom is -0.236 e. The Morgan fingerprint density at radius 1 is 1.47 bits per heavy atom. The predicted molar refractivity (Wildman–Crippen MR) is 58.2 cm³/mol. The van der Waals surface area contributed by atoms with Gasteiger partial charge in [-0.1, -0.05) is 23.4 Å². The predicted octanol–water partition coefficient (Wildman–Crippen LogP) is 2.76. The first-order chi connectivity index (χ1) is 7.90. The van der Waals surface area contributed by atoms with Crippen molar-refractivity contribution < 1.29 is 13.2 Å². The Kier molecular flexibility index (Phi) is 3.17. The van der Waals surface area contributed by atoms with E-state index in [2.05, 4.69) is 15.1 Å². The van der Waals surface area contributed by atoms with E-state index in [1.807, 2.05) is 0 Å². The van der Waals surface area contributed by atoms with Gasteiger partial charge in [0, 0.05) is 6.20 Å². The Morgan fingerprint density at radius 2 is 2.18 bits per heavy atom. The van der Waals surface area contributed by atoms with Gasteiger partial charge in [-0.2, -0.15) is 18.3 Å². The number of alkyl halides is 3. The van der Waals surface area contributed by atoms with E-state index in [4.69, 9.17) is 11.6 Å². The molecule has 0 aliphatic heterocycles. The van der Waals surface area contributed by atoms with E-state index in [1.165, 1.54) is 18.0 Å². The van der Waals surface area contributed by atoms with Crippen LogP contribution in [0.25, 0.3) is 11.0 Å². The highest BCUT2D eigenvalue weighted by molar-refractivity contribution is 7.98. The van der Waals surface area contributed by atoms with Gasteiger partial charge in [-0.25, -0.2) is 14.6 Å². The minimum absolute atomic E-state index is 0.0306. The average molecular weight is 283 g/mol. The number of fused-ring (bicyclic) bond motifs is 1. The molecule has 0 aliphatic rings. The monoisotopic (exact) mass is 282 g/mol. The summed E-state index contributed by atoms with van der Waals surface area (Å²) in [6.07, 6.45) is -1.27. The van der Waals surface area contributed by atoms with E-state index < -0.39 is 12.7 Å². The van der Waals surface area contributed by atoms with Crippen molar-refractivity contribution in [1.82, 2.24) is 19.7 Å². The number of nitrogens with zero attached hydrogens (tertiary/aromatic N) is 4. The molecule has 0 fully saturated rings. The topological polar surface area (TPSA) is 43.6 Å². The van der Waals surface area contributed by atoms with Crippen LogP contribution in [-0.4, -0.2) is 32.2 Å². The van der Waals surface area contributed by atoms with E-state index in [0.29, 0.717) is 10.5 Å². The normalized spacial score (nSPS) is 12.3. The van der Waals surface area contributed by atoms with Gasteiger partial charge in [-0.05, 0) is 6.26 Å². The number of thioether (sulfide) groups is 1. The van der Waals surface area contributed by atoms with E-state index in [0.717, 1.165) is 4.68 Å². The number of aromatic nitrogens is 4. The summed E-state index contributed by atoms with van der Waals surface area (Å²) in [5.74, 6) is 0. The second-order valence-electron chi connectivity index (χ2n) is 3.16. The van der Waals surface area contributed by atoms with Crippen molar-refractivity contribution in [2.45, 2.75) is 17.9 Å². The first-order valence-corrected chi connectivity index (χ1v) is 6.01. The lowest BCUT2D eigenvalue weighted by Crippen LogP contribution is -2.18. The zero-order valence-corrected chi connectivity index (χ0v) is 10.1. The van der Waals surface area contributed by atoms with Gasteiger partial charge < -0.3 is 0 Å². The number of rotatable bonds is 2. The van der Waals surface area contributed by atoms with Crippen molar-refractivity contribution >= 4 is 34.4 Å². The molecule has 0 amide bonds. The Bertz CT molecular complexity index is 553. The summed E-state index contributed by atoms with van der Waals surface area (Å²) in [6, 6.07) is 0. The van der Waals surface area contributed by atoms with Gasteiger partial charge >= 0.3 is 6.18 Å². The molecule has 0 unspecified atom stereocenters. The standard InChI is InChI=1S/C8H6ClF3N4S/c1-17-7-13-2-4-5(9)15-16(6(4)14-7)3-8(10,11)12/h2H,3H2,1H3. The molecular weight excluding hydrogens is 277 g/mol. The molecule has 0 bridgehead atoms. The Morgan fingerprint density at radius 3 is 2.76 bits per heavy atom. The van der Waals surface area contributed by atoms with Crippen LogP contribution in [-0.2, 0) is 6.54 Å². The highest BCUT2D eigenvalue weighted by Gasteiger charge is 2.30. The fourth-order valence-electron chi connectivity index (χ4n) is 1.29. The van der Waals surface area contributed by atoms with Gasteiger partial charge in [0.1, 0.15) is 6.54 Å². The molecule has 0 saturated heterocycles. The zero-order valence-electron chi connectivity index (χ0n) is 8.49. The molecule has 17 heavy (non-hydrogen) atoms. The van der Waals surface area contributed by atoms with Crippen LogP contribution < -0.4 is 0 Å². The van der Waals surface area contributed by atoms with Gasteiger partial charge in [-0.3, -0.25) is 0 Å². The lowest BCUT2D eigenvalue weighted by atomic mass is 10.4. The molecule has 2 aromatic heterocycles. The summed E-state index contributed by atoms with van der Waals surface area (Å²) in [7, 11) is 0. The van der Waals surface area contributed by atoms with Crippen LogP contribution in [0.4, 0.5) is 13.2 Å². The molecule has 0 N–H and O–H groups in total. The summed E-state index contributed by atoms with van der Waals surface area (Å²) in [5, 5.41) is 4.26. The van der Waals surface area contributed by atoms with Crippen molar-refractivity contribution in [3.8, 4) is 0 Å². The van der Waals surface area contributed by atoms with E-state index >= 15 is 0 Å². The van der Waals surface area contributed by atoms with Crippen LogP contribution in [0.1, 0.15) is 0 Å². The van der Waals surface area contributed by atoms with Crippen molar-refractivity contribution in [3.63, 3.8) is 0 Å². The van der Waals surface area contributed by atoms with Gasteiger partial charge in [0.05, 0.1) is 5.39 Å². The third-order valence-corrected chi connectivity index (χ3v) is 2.77. The van der Waals surface area contributed by atoms with E-state index in [9.17, 15) is 13.2 Å². The summed E-state index contributed by atoms with van der Waals surface area (Å²) >= 11 is 6.95. The molecule has 2 heterocycles. The first-order valence-electron chi connectivity index (χ1n) is 4.40. The van der Waals surface area contributed by atoms with Gasteiger partial charge in [0.15, 0.2) is 16.0 Å². The lowest BCUT2D eigenvalue weighted by molar-refractivity contribution is -0.141. The molecule has 0 saturated carbocycles. The van der Waals surface area contributed by atoms with Crippen LogP contribution in [0.5, 0.6) is 0 Å². The van der Waals surface area contributed by atoms with Crippen molar-refractivity contribution in [3.05, 3.63) is 11.3 Å². The summed E-state index contributed by atoms with van der Waals surface area (Å²) < 4.78 is 37.7. The van der Waals surface area contributed by atoms with Gasteiger partial charge in [0.25, 0.3) is 0 Å². The van der Waals surface area contributed by atoms with Gasteiger partial charge in [-0.15, -0.1) is 0 Å². The molecule has 92 valence electrons. The number of hydrogen-bond acceptors (Lipinski definition) is 4. The van der Waals surface area contributed by atoms with Gasteiger partial charge in [0.2, 0.25) is 0 Å². The molecule has 0 atom stereocenters. The molecule has 2 rings (SSSR count). The van der Waals surface area contributed by atoms with Crippen LogP contribution >= 0.6 is 23.4 Å². The lowest BCUT2D eigenvalue weighted by Gasteiger charge is -2.06. The molecule has 0 aliphatic carbocycles. The average Bonchev–Trinajstić information content (AvgIpc) is 2.53. The smallest absolute Gasteiger partial charge is 0.236 e. The number of hydrogen-bond donors (Lipinski definition) is 0. The second kappa shape index (κ2) is 4.34. The Labute approximate surface area is 103 Å². The number of halogens is 4. The van der Waals surface area contributed by atoms with Crippen LogP contribution in [0.3, 0.4) is 0 Å². The molecule has 0 spiro atoms. The maximum atomic E-state index is 12.3. The Hall–Kier alpha value is -1.02. The fraction of sp³-hybridized carbons (Fsp3) is 0.375. The third kappa shape index (κ3) is 2.63. The minimum atomic E-state index is -4.37. The fourth-order valence-corrected chi connectivity index (χ4v) is 1.85. The molecule has 0 radical (unpaired) electrons. The van der Waals surface area contributed by atoms with Crippen molar-refractivity contribution in [1.29, 1.82) is 0 Å². The summed E-state index contributed by atoms with van der Waals surface area (Å²) in [5.41, 5.74) is 0.0895. The molecular formula is C8H6ClF3N4S. The third-order valence-electron chi connectivity index (χ3n) is 1.93. The summed E-state index contributed by atoms with van der Waals surface area (Å²) in [6.45, 7) is -1.22. The highest BCUT2D eigenvalue weighted by atomic mass is 35.5. The van der Waals surface area contributed by atoms with Crippen molar-refractivity contribution in [2.75, 3.05) is 6.26 Å². The first kappa shape index (κ1) is 12.4. The molecule has 4 nitrogen and oxygen atoms in total. The molecule has 2 aromatic rings. The summed E-state index contributed by atoms with van der Waals surface area (Å²) in [4.78, 5) is 7.90. The van der Waals surface area contributed by atoms with Crippen molar-refractivity contribution in [2.24, 2.45) is 0 Å². The Balaban J connectivity index is 2.55. The van der Waals surface area contributed by atoms with E-state index in [1.54, 1.807) is 6.26 Å². The quantitative estimate of drug-likeness (QED) is 0.627. The maximum Gasteiger partial charge on any atom is 0.408 e. The highest BCUT2D eigenvalue weighted by Crippen LogP contribution is 2.25. The molecule has 0 aromatic carbocycles. The largest absolute Gasteiger partial charge is 0.408 e. The van der Waals surface area contributed by atoms with Crippen LogP contribution in [0, 0.1) is 0 Å². The van der Waals surface area contributed by atoms with E-state index in [-0.39, 0.29) is 10.8 Å². The molecule has 9 heteroatoms. The zero-order chi connectivity index (χ0) is 12.6. The maximum absolute atomic E-state index is 12.3. The SMILES string of the molecule is CSc1ncc2c(Cl)nn(CC(F)(F)F)c2n1. The second-order valence-corrected chi connectivity index (χ2v) is 4.29. The van der Waals surface area contributed by atoms with Crippen LogP contribution in [0.15, 0.2) is 11.4 Å². The van der Waals surface area contributed by atoms with Crippen LogP contribution in [0.2, 0.25) is 5.15 Å².